The van der Waals surface area contributed by atoms with Crippen molar-refractivity contribution in [3.05, 3.63) is 96.1 Å². The lowest BCUT2D eigenvalue weighted by Gasteiger charge is -2.04. The molecule has 0 spiro atoms. The molecule has 1 heterocycles. The molecule has 0 amide bonds. The molecule has 3 aromatic carbocycles. The van der Waals surface area contributed by atoms with Crippen LogP contribution in [-0.2, 0) is 20.1 Å². The zero-order chi connectivity index (χ0) is 17.3. The Morgan fingerprint density at radius 3 is 1.80 bits per heavy atom. The lowest BCUT2D eigenvalue weighted by atomic mass is 10.2. The molecule has 0 saturated carbocycles. The molecule has 0 unspecified atom stereocenters. The summed E-state index contributed by atoms with van der Waals surface area (Å²) in [6.45, 7) is 1.85. The molecule has 0 aliphatic heterocycles. The average molecular weight is 330 g/mol. The first-order valence-corrected chi connectivity index (χ1v) is 8.36. The molecule has 0 fully saturated rings. The molecule has 25 heavy (non-hydrogen) atoms. The van der Waals surface area contributed by atoms with Gasteiger partial charge in [-0.3, -0.25) is 0 Å². The normalized spacial score (nSPS) is 10.3. The van der Waals surface area contributed by atoms with Gasteiger partial charge in [0.1, 0.15) is 5.52 Å². The van der Waals surface area contributed by atoms with E-state index in [1.54, 1.807) is 4.68 Å². The van der Waals surface area contributed by atoms with Crippen molar-refractivity contribution >= 4 is 11.0 Å². The third kappa shape index (κ3) is 4.99. The maximum Gasteiger partial charge on any atom is 0.113 e. The van der Waals surface area contributed by atoms with Gasteiger partial charge in [-0.1, -0.05) is 78.0 Å². The number of rotatable bonds is 4. The van der Waals surface area contributed by atoms with Crippen LogP contribution in [0.5, 0.6) is 0 Å². The van der Waals surface area contributed by atoms with Crippen LogP contribution >= 0.6 is 0 Å². The van der Waals surface area contributed by atoms with E-state index in [1.165, 1.54) is 11.1 Å². The molecule has 0 aliphatic carbocycles. The van der Waals surface area contributed by atoms with E-state index >= 15 is 0 Å². The molecular weight excluding hydrogens is 308 g/mol. The van der Waals surface area contributed by atoms with Gasteiger partial charge < -0.3 is 5.32 Å². The smallest absolute Gasteiger partial charge is 0.113 e. The first-order valence-electron chi connectivity index (χ1n) is 8.36. The van der Waals surface area contributed by atoms with E-state index in [0.29, 0.717) is 0 Å². The van der Waals surface area contributed by atoms with Crippen molar-refractivity contribution in [2.24, 2.45) is 7.05 Å². The van der Waals surface area contributed by atoms with Crippen LogP contribution in [0, 0.1) is 0 Å². The van der Waals surface area contributed by atoms with E-state index in [0.717, 1.165) is 24.1 Å². The van der Waals surface area contributed by atoms with E-state index < -0.39 is 0 Å². The highest BCUT2D eigenvalue weighted by atomic mass is 15.4. The van der Waals surface area contributed by atoms with Crippen LogP contribution in [0.25, 0.3) is 11.0 Å². The van der Waals surface area contributed by atoms with E-state index in [9.17, 15) is 0 Å². The van der Waals surface area contributed by atoms with E-state index in [4.69, 9.17) is 0 Å². The quantitative estimate of drug-likeness (QED) is 0.616. The Hall–Kier alpha value is -2.98. The number of aryl methyl sites for hydroxylation is 1. The van der Waals surface area contributed by atoms with Crippen LogP contribution < -0.4 is 5.32 Å². The van der Waals surface area contributed by atoms with Crippen LogP contribution in [-0.4, -0.2) is 15.0 Å². The molecule has 126 valence electrons. The number of fused-ring (bicyclic) bond motifs is 1. The largest absolute Gasteiger partial charge is 0.309 e. The van der Waals surface area contributed by atoms with Gasteiger partial charge >= 0.3 is 0 Å². The highest BCUT2D eigenvalue weighted by Crippen LogP contribution is 2.06. The standard InChI is InChI=1S/C14H15N.C7H7N3/c1-3-7-13(8-4-1)11-15-12-14-9-5-2-6-10-14;1-10-7-5-3-2-4-6(7)8-9-10/h1-10,15H,11-12H2;2-5H,1H3. The summed E-state index contributed by atoms with van der Waals surface area (Å²) in [6, 6.07) is 28.8. The maximum atomic E-state index is 3.93. The Kier molecular flexibility index (Phi) is 5.91. The zero-order valence-corrected chi connectivity index (χ0v) is 14.3. The average Bonchev–Trinajstić information content (AvgIpc) is 3.06. The highest BCUT2D eigenvalue weighted by Gasteiger charge is 1.96. The fraction of sp³-hybridized carbons (Fsp3) is 0.143. The molecule has 0 atom stereocenters. The van der Waals surface area contributed by atoms with Crippen molar-refractivity contribution in [1.82, 2.24) is 20.3 Å². The summed E-state index contributed by atoms with van der Waals surface area (Å²) in [7, 11) is 1.88. The van der Waals surface area contributed by atoms with Crippen LogP contribution in [0.15, 0.2) is 84.9 Å². The summed E-state index contributed by atoms with van der Waals surface area (Å²) in [4.78, 5) is 0. The molecule has 0 aliphatic rings. The van der Waals surface area contributed by atoms with Gasteiger partial charge in [-0.05, 0) is 23.3 Å². The van der Waals surface area contributed by atoms with Crippen molar-refractivity contribution in [2.75, 3.05) is 0 Å². The Balaban J connectivity index is 0.000000157. The highest BCUT2D eigenvalue weighted by molar-refractivity contribution is 5.73. The lowest BCUT2D eigenvalue weighted by Crippen LogP contribution is -2.12. The third-order valence-electron chi connectivity index (χ3n) is 3.86. The second-order valence-electron chi connectivity index (χ2n) is 5.78. The van der Waals surface area contributed by atoms with Crippen molar-refractivity contribution < 1.29 is 0 Å². The van der Waals surface area contributed by atoms with Gasteiger partial charge in [-0.2, -0.15) is 0 Å². The van der Waals surface area contributed by atoms with Gasteiger partial charge in [-0.25, -0.2) is 4.68 Å². The van der Waals surface area contributed by atoms with Crippen molar-refractivity contribution in [2.45, 2.75) is 13.1 Å². The Labute approximate surface area is 148 Å². The monoisotopic (exact) mass is 330 g/mol. The van der Waals surface area contributed by atoms with Gasteiger partial charge in [0.2, 0.25) is 0 Å². The van der Waals surface area contributed by atoms with Crippen LogP contribution in [0.3, 0.4) is 0 Å². The zero-order valence-electron chi connectivity index (χ0n) is 14.3. The summed E-state index contributed by atoms with van der Waals surface area (Å²) >= 11 is 0. The second kappa shape index (κ2) is 8.76. The first-order chi connectivity index (χ1) is 12.3. The van der Waals surface area contributed by atoms with Crippen LogP contribution in [0.4, 0.5) is 0 Å². The van der Waals surface area contributed by atoms with Gasteiger partial charge in [0.25, 0.3) is 0 Å². The minimum atomic E-state index is 0.926. The van der Waals surface area contributed by atoms with Gasteiger partial charge in [0.05, 0.1) is 5.52 Å². The van der Waals surface area contributed by atoms with Crippen molar-refractivity contribution in [3.63, 3.8) is 0 Å². The minimum absolute atomic E-state index is 0.926. The number of nitrogens with one attached hydrogen (secondary N) is 1. The van der Waals surface area contributed by atoms with E-state index in [1.807, 2.05) is 43.4 Å². The maximum absolute atomic E-state index is 3.93. The Morgan fingerprint density at radius 1 is 0.720 bits per heavy atom. The van der Waals surface area contributed by atoms with E-state index in [-0.39, 0.29) is 0 Å². The number of para-hydroxylation sites is 1. The summed E-state index contributed by atoms with van der Waals surface area (Å²) in [6.07, 6.45) is 0. The molecule has 4 nitrogen and oxygen atoms in total. The lowest BCUT2D eigenvalue weighted by molar-refractivity contribution is 0.693. The van der Waals surface area contributed by atoms with Crippen molar-refractivity contribution in [3.8, 4) is 0 Å². The van der Waals surface area contributed by atoms with Crippen molar-refractivity contribution in [1.29, 1.82) is 0 Å². The topological polar surface area (TPSA) is 42.7 Å². The van der Waals surface area contributed by atoms with E-state index in [2.05, 4.69) is 64.2 Å². The molecule has 1 aromatic heterocycles. The Morgan fingerprint density at radius 2 is 1.24 bits per heavy atom. The minimum Gasteiger partial charge on any atom is -0.309 e. The molecule has 0 radical (unpaired) electrons. The number of nitrogens with zero attached hydrogens (tertiary/aromatic N) is 3. The van der Waals surface area contributed by atoms with Crippen LogP contribution in [0.1, 0.15) is 11.1 Å². The SMILES string of the molecule is Cn1nnc2ccccc21.c1ccc(CNCc2ccccc2)cc1. The van der Waals surface area contributed by atoms with Gasteiger partial charge in [0.15, 0.2) is 0 Å². The Bertz CT molecular complexity index is 846. The summed E-state index contributed by atoms with van der Waals surface area (Å²) in [5.74, 6) is 0. The summed E-state index contributed by atoms with van der Waals surface area (Å²) < 4.78 is 1.76. The number of hydrogen-bond acceptors (Lipinski definition) is 3. The predicted octanol–water partition coefficient (Wildman–Crippen LogP) is 3.94. The number of benzene rings is 3. The summed E-state index contributed by atoms with van der Waals surface area (Å²) in [5, 5.41) is 11.2. The molecule has 1 N–H and O–H groups in total. The third-order valence-corrected chi connectivity index (χ3v) is 3.86. The molecule has 4 rings (SSSR count). The molecule has 4 heteroatoms. The van der Waals surface area contributed by atoms with Gasteiger partial charge in [-0.15, -0.1) is 5.10 Å². The molecule has 0 saturated heterocycles. The van der Waals surface area contributed by atoms with Gasteiger partial charge in [0, 0.05) is 20.1 Å². The molecular formula is C21H22N4. The number of hydrogen-bond donors (Lipinski definition) is 1. The predicted molar refractivity (Wildman–Crippen MR) is 102 cm³/mol. The van der Waals surface area contributed by atoms with Crippen LogP contribution in [0.2, 0.25) is 0 Å². The number of aromatic nitrogens is 3. The summed E-state index contributed by atoms with van der Waals surface area (Å²) in [5.41, 5.74) is 4.68. The molecule has 0 bridgehead atoms. The fourth-order valence-electron chi connectivity index (χ4n) is 2.53. The molecule has 4 aromatic rings. The second-order valence-corrected chi connectivity index (χ2v) is 5.78. The first kappa shape index (κ1) is 16.9. The fourth-order valence-corrected chi connectivity index (χ4v) is 2.53.